The van der Waals surface area contributed by atoms with Crippen molar-refractivity contribution in [2.45, 2.75) is 0 Å². The quantitative estimate of drug-likeness (QED) is 0.462. The summed E-state index contributed by atoms with van der Waals surface area (Å²) in [6.45, 7) is 15.1. The van der Waals surface area contributed by atoms with Gasteiger partial charge in [0.2, 0.25) is 0 Å². The molecule has 4 heteroatoms. The van der Waals surface area contributed by atoms with Crippen LogP contribution in [0.1, 0.15) is 0 Å². The van der Waals surface area contributed by atoms with Crippen molar-refractivity contribution in [3.05, 3.63) is 59.7 Å². The summed E-state index contributed by atoms with van der Waals surface area (Å²) in [5, 5.41) is 0.603. The van der Waals surface area contributed by atoms with E-state index < -0.39 is 0 Å². The topological polar surface area (TPSA) is 24.8 Å². The van der Waals surface area contributed by atoms with Crippen LogP contribution in [0.2, 0.25) is 0 Å². The highest BCUT2D eigenvalue weighted by Crippen LogP contribution is 2.10. The third-order valence-electron chi connectivity index (χ3n) is 2.79. The predicted molar refractivity (Wildman–Crippen MR) is 90.4 cm³/mol. The number of aliphatic imine (C=N–C) groups is 1. The van der Waals surface area contributed by atoms with Crippen molar-refractivity contribution in [2.24, 2.45) is 4.99 Å². The van der Waals surface area contributed by atoms with Gasteiger partial charge in [0.25, 0.3) is 0 Å². The van der Waals surface area contributed by atoms with Crippen molar-refractivity contribution in [1.29, 1.82) is 0 Å². The van der Waals surface area contributed by atoms with E-state index in [-0.39, 0.29) is 0 Å². The lowest BCUT2D eigenvalue weighted by molar-refractivity contribution is 0.153. The van der Waals surface area contributed by atoms with E-state index in [0.717, 1.165) is 31.8 Å². The molecule has 0 aromatic rings. The molecule has 108 valence electrons. The summed E-state index contributed by atoms with van der Waals surface area (Å²) < 4.78 is 5.59. The van der Waals surface area contributed by atoms with E-state index in [4.69, 9.17) is 4.74 Å². The molecule has 0 radical (unpaired) electrons. The highest BCUT2D eigenvalue weighted by Gasteiger charge is 2.12. The van der Waals surface area contributed by atoms with Crippen LogP contribution in [0, 0.1) is 0 Å². The summed E-state index contributed by atoms with van der Waals surface area (Å²) in [5.41, 5.74) is 2.25. The largest absolute Gasteiger partial charge is 0.376 e. The fourth-order valence-corrected chi connectivity index (χ4v) is 1.91. The smallest absolute Gasteiger partial charge is 0.0922 e. The standard InChI is InChI=1S/C16H22N2OS/c1-4-5-6-14(2)11-18-9-10-19-13-15(12-18)7-8-16(20)17-3/h4-8,20H,1-3,9-13H2/b6-5-,15-7-,16-8+. The van der Waals surface area contributed by atoms with Crippen LogP contribution in [0.5, 0.6) is 0 Å². The van der Waals surface area contributed by atoms with Gasteiger partial charge in [-0.3, -0.25) is 9.89 Å². The predicted octanol–water partition coefficient (Wildman–Crippen LogP) is 3.02. The Balaban J connectivity index is 2.64. The van der Waals surface area contributed by atoms with Crippen molar-refractivity contribution < 1.29 is 4.74 Å². The monoisotopic (exact) mass is 290 g/mol. The van der Waals surface area contributed by atoms with Gasteiger partial charge in [-0.2, -0.15) is 0 Å². The second-order valence-electron chi connectivity index (χ2n) is 4.52. The van der Waals surface area contributed by atoms with E-state index >= 15 is 0 Å². The molecule has 0 amide bonds. The van der Waals surface area contributed by atoms with Crippen molar-refractivity contribution >= 4 is 19.3 Å². The van der Waals surface area contributed by atoms with Gasteiger partial charge in [0.05, 0.1) is 18.2 Å². The molecule has 0 aromatic carbocycles. The molecule has 0 aromatic heterocycles. The SMILES string of the molecule is C=C/C=C\C(=C)CN1CCOC/C(=C\C=C(\S)N=C)C1. The highest BCUT2D eigenvalue weighted by atomic mass is 32.1. The molecule has 0 saturated carbocycles. The molecule has 1 aliphatic rings. The normalized spacial score (nSPS) is 20.1. The lowest BCUT2D eigenvalue weighted by Crippen LogP contribution is -2.28. The van der Waals surface area contributed by atoms with Crippen LogP contribution in [0.15, 0.2) is 64.7 Å². The van der Waals surface area contributed by atoms with Crippen LogP contribution in [-0.4, -0.2) is 44.5 Å². The number of hydrogen-bond donors (Lipinski definition) is 1. The molecular formula is C16H22N2OS. The van der Waals surface area contributed by atoms with Gasteiger partial charge in [0.1, 0.15) is 0 Å². The van der Waals surface area contributed by atoms with Crippen LogP contribution < -0.4 is 0 Å². The maximum absolute atomic E-state index is 5.59. The summed E-state index contributed by atoms with van der Waals surface area (Å²) in [6.07, 6.45) is 9.47. The van der Waals surface area contributed by atoms with Gasteiger partial charge in [-0.05, 0) is 23.9 Å². The van der Waals surface area contributed by atoms with Gasteiger partial charge in [-0.15, -0.1) is 12.6 Å². The van der Waals surface area contributed by atoms with Crippen LogP contribution >= 0.6 is 12.6 Å². The molecule has 0 atom stereocenters. The van der Waals surface area contributed by atoms with Gasteiger partial charge in [-0.25, -0.2) is 0 Å². The Hall–Kier alpha value is -1.36. The molecule has 0 spiro atoms. The fourth-order valence-electron chi connectivity index (χ4n) is 1.83. The Morgan fingerprint density at radius 3 is 3.00 bits per heavy atom. The lowest BCUT2D eigenvalue weighted by atomic mass is 10.2. The second-order valence-corrected chi connectivity index (χ2v) is 4.98. The molecule has 20 heavy (non-hydrogen) atoms. The van der Waals surface area contributed by atoms with E-state index in [1.807, 2.05) is 24.3 Å². The van der Waals surface area contributed by atoms with E-state index in [2.05, 4.69) is 42.4 Å². The van der Waals surface area contributed by atoms with Gasteiger partial charge < -0.3 is 4.74 Å². The zero-order valence-corrected chi connectivity index (χ0v) is 12.7. The van der Waals surface area contributed by atoms with E-state index in [1.165, 1.54) is 5.57 Å². The average Bonchev–Trinajstić information content (AvgIpc) is 2.67. The van der Waals surface area contributed by atoms with E-state index in [9.17, 15) is 0 Å². The summed E-state index contributed by atoms with van der Waals surface area (Å²) >= 11 is 4.17. The van der Waals surface area contributed by atoms with Gasteiger partial charge in [-0.1, -0.05) is 37.5 Å². The van der Waals surface area contributed by atoms with Crippen LogP contribution in [0.3, 0.4) is 0 Å². The molecule has 1 fully saturated rings. The molecule has 0 N–H and O–H groups in total. The third-order valence-corrected chi connectivity index (χ3v) is 3.08. The number of thiol groups is 1. The van der Waals surface area contributed by atoms with Crippen molar-refractivity contribution in [3.63, 3.8) is 0 Å². The fraction of sp³-hybridized carbons (Fsp3) is 0.312. The van der Waals surface area contributed by atoms with Crippen molar-refractivity contribution in [1.82, 2.24) is 4.90 Å². The Morgan fingerprint density at radius 1 is 1.50 bits per heavy atom. The molecule has 3 nitrogen and oxygen atoms in total. The first-order chi connectivity index (χ1) is 9.65. The van der Waals surface area contributed by atoms with Crippen LogP contribution in [0.25, 0.3) is 0 Å². The van der Waals surface area contributed by atoms with E-state index in [1.54, 1.807) is 6.08 Å². The maximum Gasteiger partial charge on any atom is 0.0922 e. The summed E-state index contributed by atoms with van der Waals surface area (Å²) in [6, 6.07) is 0. The summed E-state index contributed by atoms with van der Waals surface area (Å²) in [7, 11) is 0. The molecule has 0 bridgehead atoms. The van der Waals surface area contributed by atoms with Crippen LogP contribution in [0.4, 0.5) is 0 Å². The maximum atomic E-state index is 5.59. The van der Waals surface area contributed by atoms with Crippen molar-refractivity contribution in [2.75, 3.05) is 32.8 Å². The minimum absolute atomic E-state index is 0.603. The van der Waals surface area contributed by atoms with Crippen molar-refractivity contribution in [3.8, 4) is 0 Å². The van der Waals surface area contributed by atoms with Gasteiger partial charge in [0, 0.05) is 19.6 Å². The first kappa shape index (κ1) is 16.7. The van der Waals surface area contributed by atoms with Crippen LogP contribution in [-0.2, 0) is 4.74 Å². The minimum Gasteiger partial charge on any atom is -0.376 e. The Labute approximate surface area is 127 Å². The molecule has 1 saturated heterocycles. The molecule has 0 unspecified atom stereocenters. The highest BCUT2D eigenvalue weighted by molar-refractivity contribution is 7.84. The second kappa shape index (κ2) is 9.53. The number of nitrogens with zero attached hydrogens (tertiary/aromatic N) is 2. The average molecular weight is 290 g/mol. The number of ether oxygens (including phenoxy) is 1. The zero-order valence-electron chi connectivity index (χ0n) is 11.8. The first-order valence-electron chi connectivity index (χ1n) is 6.48. The number of allylic oxidation sites excluding steroid dienone is 4. The van der Waals surface area contributed by atoms with Gasteiger partial charge in [0.15, 0.2) is 0 Å². The third kappa shape index (κ3) is 6.70. The van der Waals surface area contributed by atoms with Gasteiger partial charge >= 0.3 is 0 Å². The summed E-state index contributed by atoms with van der Waals surface area (Å²) in [5.74, 6) is 0. The molecule has 1 aliphatic heterocycles. The number of rotatable bonds is 6. The molecule has 0 aliphatic carbocycles. The molecule has 1 heterocycles. The lowest BCUT2D eigenvalue weighted by Gasteiger charge is -2.19. The first-order valence-corrected chi connectivity index (χ1v) is 6.93. The van der Waals surface area contributed by atoms with E-state index in [0.29, 0.717) is 11.6 Å². The summed E-state index contributed by atoms with van der Waals surface area (Å²) in [4.78, 5) is 6.05. The Bertz CT molecular complexity index is 449. The minimum atomic E-state index is 0.603. The Kier molecular flexibility index (Phi) is 7.95. The number of hydrogen-bond acceptors (Lipinski definition) is 4. The molecule has 1 rings (SSSR count). The molecular weight excluding hydrogens is 268 g/mol. The Morgan fingerprint density at radius 2 is 2.30 bits per heavy atom. The zero-order chi connectivity index (χ0) is 14.8.